The fourth-order valence-electron chi connectivity index (χ4n) is 4.32. The van der Waals surface area contributed by atoms with Crippen molar-refractivity contribution in [3.8, 4) is 17.2 Å². The Hall–Kier alpha value is -3.12. The molecule has 0 radical (unpaired) electrons. The minimum atomic E-state index is -0.326. The van der Waals surface area contributed by atoms with Crippen molar-refractivity contribution < 1.29 is 14.2 Å². The Morgan fingerprint density at radius 1 is 1.09 bits per heavy atom. The predicted molar refractivity (Wildman–Crippen MR) is 128 cm³/mol. The van der Waals surface area contributed by atoms with Gasteiger partial charge >= 0.3 is 0 Å². The summed E-state index contributed by atoms with van der Waals surface area (Å²) in [6, 6.07) is 22.8. The smallest absolute Gasteiger partial charge is 0.214 e. The molecule has 2 heterocycles. The summed E-state index contributed by atoms with van der Waals surface area (Å²) < 4.78 is 17.9. The van der Waals surface area contributed by atoms with Crippen molar-refractivity contribution in [2.24, 2.45) is 5.10 Å². The maximum atomic E-state index is 6.58. The summed E-state index contributed by atoms with van der Waals surface area (Å²) in [5.74, 6) is 2.43. The number of hydrazone groups is 1. The van der Waals surface area contributed by atoms with Crippen molar-refractivity contribution in [1.29, 1.82) is 0 Å². The molecule has 3 aromatic rings. The molecular weight excluding hydrogens is 420 g/mol. The number of hydrogen-bond donors (Lipinski definition) is 0. The number of hydrogen-bond acceptors (Lipinski definition) is 6. The van der Waals surface area contributed by atoms with Crippen molar-refractivity contribution >= 4 is 17.5 Å². The lowest BCUT2D eigenvalue weighted by atomic mass is 9.95. The number of benzene rings is 3. The summed E-state index contributed by atoms with van der Waals surface area (Å²) in [5, 5.41) is 7.15. The standard InChI is InChI=1S/C26H26N2O3S/c1-4-30-24-10-6-9-21-23-16-22(18-7-5-8-19(15-18)29-2)27-28(23)26(31-25(21)24)17-11-13-20(32-3)14-12-17/h5-15,23,26H,4,16H2,1-3H3/t23-,26+/m0/s1. The van der Waals surface area contributed by atoms with Crippen molar-refractivity contribution in [3.05, 3.63) is 83.4 Å². The highest BCUT2D eigenvalue weighted by Gasteiger charge is 2.42. The van der Waals surface area contributed by atoms with Gasteiger partial charge in [-0.15, -0.1) is 11.8 Å². The minimum Gasteiger partial charge on any atom is -0.497 e. The number of thioether (sulfide) groups is 1. The Balaban J connectivity index is 1.59. The van der Waals surface area contributed by atoms with Crippen LogP contribution >= 0.6 is 11.8 Å². The van der Waals surface area contributed by atoms with Gasteiger partial charge in [-0.1, -0.05) is 36.4 Å². The lowest BCUT2D eigenvalue weighted by Crippen LogP contribution is -2.33. The summed E-state index contributed by atoms with van der Waals surface area (Å²) in [6.07, 6.45) is 2.55. The van der Waals surface area contributed by atoms with Gasteiger partial charge in [0, 0.05) is 28.0 Å². The molecule has 0 amide bonds. The number of fused-ring (bicyclic) bond motifs is 3. The quantitative estimate of drug-likeness (QED) is 0.431. The maximum Gasteiger partial charge on any atom is 0.214 e. The van der Waals surface area contributed by atoms with Crippen LogP contribution in [0.1, 0.15) is 42.3 Å². The van der Waals surface area contributed by atoms with Gasteiger partial charge in [0.15, 0.2) is 11.5 Å². The SMILES string of the molecule is CCOc1cccc2c1O[C@H](c1ccc(SC)cc1)N1N=C(c3cccc(OC)c3)C[C@@H]21. The zero-order valence-corrected chi connectivity index (χ0v) is 19.3. The van der Waals surface area contributed by atoms with Gasteiger partial charge in [-0.05, 0) is 43.5 Å². The Kier molecular flexibility index (Phi) is 5.70. The highest BCUT2D eigenvalue weighted by atomic mass is 32.2. The van der Waals surface area contributed by atoms with Gasteiger partial charge in [0.05, 0.1) is 25.5 Å². The summed E-state index contributed by atoms with van der Waals surface area (Å²) in [6.45, 7) is 2.58. The first kappa shape index (κ1) is 20.8. The van der Waals surface area contributed by atoms with E-state index >= 15 is 0 Å². The van der Waals surface area contributed by atoms with Crippen LogP contribution in [0.3, 0.4) is 0 Å². The molecule has 5 rings (SSSR count). The second-order valence-corrected chi connectivity index (χ2v) is 8.61. The zero-order valence-electron chi connectivity index (χ0n) is 18.4. The number of nitrogens with zero attached hydrogens (tertiary/aromatic N) is 2. The average molecular weight is 447 g/mol. The predicted octanol–water partition coefficient (Wildman–Crippen LogP) is 6.06. The van der Waals surface area contributed by atoms with E-state index in [2.05, 4.69) is 47.7 Å². The first-order chi connectivity index (χ1) is 15.7. The van der Waals surface area contributed by atoms with Crippen molar-refractivity contribution in [2.45, 2.75) is 30.5 Å². The molecule has 32 heavy (non-hydrogen) atoms. The molecule has 0 saturated heterocycles. The fraction of sp³-hybridized carbons (Fsp3) is 0.269. The Morgan fingerprint density at radius 3 is 2.66 bits per heavy atom. The fourth-order valence-corrected chi connectivity index (χ4v) is 4.73. The molecule has 6 heteroatoms. The number of rotatable bonds is 6. The third-order valence-corrected chi connectivity index (χ3v) is 6.63. The van der Waals surface area contributed by atoms with Gasteiger partial charge in [0.25, 0.3) is 0 Å². The summed E-state index contributed by atoms with van der Waals surface area (Å²) in [4.78, 5) is 1.22. The van der Waals surface area contributed by atoms with Crippen LogP contribution in [0.15, 0.2) is 76.7 Å². The molecule has 0 aliphatic carbocycles. The topological polar surface area (TPSA) is 43.3 Å². The summed E-state index contributed by atoms with van der Waals surface area (Å²) >= 11 is 1.73. The molecule has 3 aromatic carbocycles. The molecule has 0 saturated carbocycles. The number of methoxy groups -OCH3 is 1. The van der Waals surface area contributed by atoms with Crippen LogP contribution in [0.4, 0.5) is 0 Å². The molecule has 2 aliphatic heterocycles. The van der Waals surface area contributed by atoms with Crippen molar-refractivity contribution in [3.63, 3.8) is 0 Å². The second kappa shape index (κ2) is 8.79. The molecule has 0 N–H and O–H groups in total. The molecule has 0 aromatic heterocycles. The highest BCUT2D eigenvalue weighted by Crippen LogP contribution is 2.50. The van der Waals surface area contributed by atoms with Gasteiger partial charge in [-0.2, -0.15) is 5.10 Å². The number of para-hydroxylation sites is 1. The van der Waals surface area contributed by atoms with Crippen LogP contribution in [0.5, 0.6) is 17.2 Å². The lowest BCUT2D eigenvalue weighted by Gasteiger charge is -2.38. The van der Waals surface area contributed by atoms with Crippen LogP contribution in [0.2, 0.25) is 0 Å². The van der Waals surface area contributed by atoms with Crippen LogP contribution in [0.25, 0.3) is 0 Å². The zero-order chi connectivity index (χ0) is 22.1. The molecular formula is C26H26N2O3S. The van der Waals surface area contributed by atoms with Crippen LogP contribution < -0.4 is 14.2 Å². The lowest BCUT2D eigenvalue weighted by molar-refractivity contribution is -0.0212. The van der Waals surface area contributed by atoms with E-state index in [9.17, 15) is 0 Å². The van der Waals surface area contributed by atoms with Crippen LogP contribution in [-0.2, 0) is 0 Å². The normalized spacial score (nSPS) is 19.0. The first-order valence-electron chi connectivity index (χ1n) is 10.8. The first-order valence-corrected chi connectivity index (χ1v) is 12.0. The molecule has 2 atom stereocenters. The van der Waals surface area contributed by atoms with E-state index < -0.39 is 0 Å². The third kappa shape index (κ3) is 3.69. The number of ether oxygens (including phenoxy) is 3. The Labute approximate surface area is 193 Å². The second-order valence-electron chi connectivity index (χ2n) is 7.73. The van der Waals surface area contributed by atoms with Gasteiger partial charge in [-0.3, -0.25) is 0 Å². The molecule has 0 unspecified atom stereocenters. The molecule has 164 valence electrons. The molecule has 0 bridgehead atoms. The molecule has 5 nitrogen and oxygen atoms in total. The summed E-state index contributed by atoms with van der Waals surface area (Å²) in [7, 11) is 1.69. The van der Waals surface area contributed by atoms with Gasteiger partial charge in [0.1, 0.15) is 5.75 Å². The molecule has 2 aliphatic rings. The summed E-state index contributed by atoms with van der Waals surface area (Å²) in [5.41, 5.74) is 4.27. The van der Waals surface area contributed by atoms with E-state index in [0.717, 1.165) is 46.1 Å². The van der Waals surface area contributed by atoms with E-state index in [0.29, 0.717) is 6.61 Å². The maximum absolute atomic E-state index is 6.58. The van der Waals surface area contributed by atoms with Gasteiger partial charge in [0.2, 0.25) is 6.23 Å². The van der Waals surface area contributed by atoms with E-state index in [4.69, 9.17) is 19.3 Å². The Morgan fingerprint density at radius 2 is 1.91 bits per heavy atom. The van der Waals surface area contributed by atoms with E-state index in [-0.39, 0.29) is 12.3 Å². The highest BCUT2D eigenvalue weighted by molar-refractivity contribution is 7.98. The molecule has 0 spiro atoms. The van der Waals surface area contributed by atoms with Gasteiger partial charge in [-0.25, -0.2) is 5.01 Å². The average Bonchev–Trinajstić information content (AvgIpc) is 3.30. The van der Waals surface area contributed by atoms with Crippen molar-refractivity contribution in [1.82, 2.24) is 5.01 Å². The Bertz CT molecular complexity index is 1150. The minimum absolute atomic E-state index is 0.0746. The monoisotopic (exact) mass is 446 g/mol. The van der Waals surface area contributed by atoms with Gasteiger partial charge < -0.3 is 14.2 Å². The van der Waals surface area contributed by atoms with Crippen molar-refractivity contribution in [2.75, 3.05) is 20.0 Å². The van der Waals surface area contributed by atoms with Crippen LogP contribution in [-0.4, -0.2) is 30.7 Å². The largest absolute Gasteiger partial charge is 0.497 e. The van der Waals surface area contributed by atoms with E-state index in [1.54, 1.807) is 18.9 Å². The molecule has 0 fully saturated rings. The van der Waals surface area contributed by atoms with Crippen LogP contribution in [0, 0.1) is 0 Å². The van der Waals surface area contributed by atoms with E-state index in [1.807, 2.05) is 37.3 Å². The van der Waals surface area contributed by atoms with E-state index in [1.165, 1.54) is 4.90 Å². The third-order valence-electron chi connectivity index (χ3n) is 5.88.